The highest BCUT2D eigenvalue weighted by Crippen LogP contribution is 2.20. The van der Waals surface area contributed by atoms with Crippen LogP contribution in [-0.2, 0) is 16.0 Å². The van der Waals surface area contributed by atoms with Crippen molar-refractivity contribution in [3.8, 4) is 11.5 Å². The Bertz CT molecular complexity index is 806. The third-order valence-corrected chi connectivity index (χ3v) is 3.58. The molecule has 0 spiro atoms. The number of carbonyl (C=O) groups is 1. The first-order valence-electron chi connectivity index (χ1n) is 7.46. The molecule has 0 saturated heterocycles. The average molecular weight is 323 g/mol. The third kappa shape index (κ3) is 3.63. The van der Waals surface area contributed by atoms with Crippen molar-refractivity contribution in [1.29, 1.82) is 0 Å². The van der Waals surface area contributed by atoms with Gasteiger partial charge in [-0.25, -0.2) is 9.79 Å². The summed E-state index contributed by atoms with van der Waals surface area (Å²) in [6.45, 7) is 0. The van der Waals surface area contributed by atoms with Gasteiger partial charge in [-0.3, -0.25) is 0 Å². The van der Waals surface area contributed by atoms with E-state index in [1.54, 1.807) is 20.3 Å². The molecule has 0 unspecified atom stereocenters. The predicted molar refractivity (Wildman–Crippen MR) is 91.2 cm³/mol. The summed E-state index contributed by atoms with van der Waals surface area (Å²) < 4.78 is 15.5. The molecule has 5 heteroatoms. The summed E-state index contributed by atoms with van der Waals surface area (Å²) in [6.07, 6.45) is 2.14. The summed E-state index contributed by atoms with van der Waals surface area (Å²) in [7, 11) is 3.22. The van der Waals surface area contributed by atoms with E-state index in [9.17, 15) is 4.79 Å². The quantitative estimate of drug-likeness (QED) is 0.626. The zero-order valence-corrected chi connectivity index (χ0v) is 13.5. The van der Waals surface area contributed by atoms with Crippen molar-refractivity contribution in [3.63, 3.8) is 0 Å². The maximum Gasteiger partial charge on any atom is 0.363 e. The van der Waals surface area contributed by atoms with E-state index in [0.717, 1.165) is 22.6 Å². The van der Waals surface area contributed by atoms with E-state index in [-0.39, 0.29) is 5.70 Å². The highest BCUT2D eigenvalue weighted by molar-refractivity contribution is 6.07. The van der Waals surface area contributed by atoms with E-state index in [1.165, 1.54) is 0 Å². The minimum Gasteiger partial charge on any atom is -0.497 e. The minimum absolute atomic E-state index is 0.284. The second-order valence-corrected chi connectivity index (χ2v) is 5.23. The van der Waals surface area contributed by atoms with Gasteiger partial charge in [0.15, 0.2) is 5.70 Å². The van der Waals surface area contributed by atoms with E-state index >= 15 is 0 Å². The van der Waals surface area contributed by atoms with Crippen LogP contribution in [0.3, 0.4) is 0 Å². The van der Waals surface area contributed by atoms with Gasteiger partial charge in [-0.1, -0.05) is 24.3 Å². The number of rotatable bonds is 5. The van der Waals surface area contributed by atoms with Crippen LogP contribution in [0.2, 0.25) is 0 Å². The largest absolute Gasteiger partial charge is 0.497 e. The van der Waals surface area contributed by atoms with Gasteiger partial charge in [0.2, 0.25) is 5.90 Å². The first-order valence-corrected chi connectivity index (χ1v) is 7.46. The first kappa shape index (κ1) is 15.8. The first-order chi connectivity index (χ1) is 11.7. The molecule has 0 fully saturated rings. The Kier molecular flexibility index (Phi) is 4.61. The Balaban J connectivity index is 1.77. The van der Waals surface area contributed by atoms with Gasteiger partial charge in [-0.05, 0) is 41.5 Å². The number of benzene rings is 2. The second-order valence-electron chi connectivity index (χ2n) is 5.23. The molecule has 1 aliphatic heterocycles. The van der Waals surface area contributed by atoms with Crippen LogP contribution in [-0.4, -0.2) is 26.1 Å². The second kappa shape index (κ2) is 7.00. The van der Waals surface area contributed by atoms with Gasteiger partial charge in [0, 0.05) is 6.42 Å². The summed E-state index contributed by atoms with van der Waals surface area (Å²) in [6, 6.07) is 15.0. The van der Waals surface area contributed by atoms with Crippen molar-refractivity contribution < 1.29 is 19.0 Å². The van der Waals surface area contributed by atoms with Crippen molar-refractivity contribution >= 4 is 17.9 Å². The SMILES string of the molecule is COc1ccc(CC2=N/C(=C/c3cccc(OC)c3)C(=O)O2)cc1. The van der Waals surface area contributed by atoms with Crippen LogP contribution < -0.4 is 9.47 Å². The van der Waals surface area contributed by atoms with Gasteiger partial charge in [0.05, 0.1) is 14.2 Å². The fourth-order valence-corrected chi connectivity index (χ4v) is 2.34. The molecule has 24 heavy (non-hydrogen) atoms. The number of methoxy groups -OCH3 is 2. The van der Waals surface area contributed by atoms with Crippen LogP contribution in [0.4, 0.5) is 0 Å². The maximum atomic E-state index is 12.0. The standard InChI is InChI=1S/C19H17NO4/c1-22-15-8-6-13(7-9-15)12-18-20-17(19(21)24-18)11-14-4-3-5-16(10-14)23-2/h3-11H,12H2,1-2H3/b17-11+. The Labute approximate surface area is 140 Å². The van der Waals surface area contributed by atoms with Gasteiger partial charge in [-0.15, -0.1) is 0 Å². The lowest BCUT2D eigenvalue weighted by Gasteiger charge is -2.02. The van der Waals surface area contributed by atoms with Crippen molar-refractivity contribution in [2.45, 2.75) is 6.42 Å². The summed E-state index contributed by atoms with van der Waals surface area (Å²) in [5.41, 5.74) is 2.10. The summed E-state index contributed by atoms with van der Waals surface area (Å²) in [5.74, 6) is 1.45. The molecule has 0 amide bonds. The lowest BCUT2D eigenvalue weighted by atomic mass is 10.1. The molecule has 0 bridgehead atoms. The molecule has 0 radical (unpaired) electrons. The molecule has 0 atom stereocenters. The highest BCUT2D eigenvalue weighted by Gasteiger charge is 2.23. The fourth-order valence-electron chi connectivity index (χ4n) is 2.34. The third-order valence-electron chi connectivity index (χ3n) is 3.58. The lowest BCUT2D eigenvalue weighted by molar-refractivity contribution is -0.130. The summed E-state index contributed by atoms with van der Waals surface area (Å²) in [5, 5.41) is 0. The number of hydrogen-bond donors (Lipinski definition) is 0. The normalized spacial score (nSPS) is 15.2. The van der Waals surface area contributed by atoms with Crippen LogP contribution in [0.25, 0.3) is 6.08 Å². The molecular formula is C19H17NO4. The molecule has 0 N–H and O–H groups in total. The Hall–Kier alpha value is -3.08. The number of esters is 1. The van der Waals surface area contributed by atoms with Crippen molar-refractivity contribution in [1.82, 2.24) is 0 Å². The topological polar surface area (TPSA) is 57.1 Å². The van der Waals surface area contributed by atoms with Gasteiger partial charge >= 0.3 is 5.97 Å². The van der Waals surface area contributed by atoms with E-state index in [2.05, 4.69) is 4.99 Å². The summed E-state index contributed by atoms with van der Waals surface area (Å²) in [4.78, 5) is 16.3. The zero-order valence-electron chi connectivity index (χ0n) is 13.5. The molecule has 122 valence electrons. The van der Waals surface area contributed by atoms with E-state index in [0.29, 0.717) is 12.3 Å². The number of nitrogens with zero attached hydrogens (tertiary/aromatic N) is 1. The van der Waals surface area contributed by atoms with Gasteiger partial charge in [0.25, 0.3) is 0 Å². The van der Waals surface area contributed by atoms with Crippen LogP contribution >= 0.6 is 0 Å². The van der Waals surface area contributed by atoms with Gasteiger partial charge in [0.1, 0.15) is 11.5 Å². The number of aliphatic imine (C=N–C) groups is 1. The van der Waals surface area contributed by atoms with E-state index in [4.69, 9.17) is 14.2 Å². The van der Waals surface area contributed by atoms with Gasteiger partial charge < -0.3 is 14.2 Å². The molecule has 0 aromatic heterocycles. The number of cyclic esters (lactones) is 1. The number of hydrogen-bond acceptors (Lipinski definition) is 5. The van der Waals surface area contributed by atoms with Crippen molar-refractivity contribution in [3.05, 3.63) is 65.4 Å². The Morgan fingerprint density at radius 3 is 2.50 bits per heavy atom. The Morgan fingerprint density at radius 2 is 1.79 bits per heavy atom. The molecule has 0 saturated carbocycles. The highest BCUT2D eigenvalue weighted by atomic mass is 16.6. The van der Waals surface area contributed by atoms with E-state index < -0.39 is 5.97 Å². The summed E-state index contributed by atoms with van der Waals surface area (Å²) >= 11 is 0. The molecular weight excluding hydrogens is 306 g/mol. The smallest absolute Gasteiger partial charge is 0.363 e. The maximum absolute atomic E-state index is 12.0. The van der Waals surface area contributed by atoms with Crippen LogP contribution in [0.15, 0.2) is 59.2 Å². The van der Waals surface area contributed by atoms with E-state index in [1.807, 2.05) is 48.5 Å². The van der Waals surface area contributed by atoms with Gasteiger partial charge in [-0.2, -0.15) is 0 Å². The van der Waals surface area contributed by atoms with Crippen LogP contribution in [0, 0.1) is 0 Å². The van der Waals surface area contributed by atoms with Crippen molar-refractivity contribution in [2.75, 3.05) is 14.2 Å². The number of ether oxygens (including phenoxy) is 3. The molecule has 5 nitrogen and oxygen atoms in total. The molecule has 3 rings (SSSR count). The molecule has 0 aliphatic carbocycles. The predicted octanol–water partition coefficient (Wildman–Crippen LogP) is 3.24. The molecule has 2 aromatic carbocycles. The fraction of sp³-hybridized carbons (Fsp3) is 0.158. The number of carbonyl (C=O) groups excluding carboxylic acids is 1. The molecule has 1 heterocycles. The van der Waals surface area contributed by atoms with Crippen LogP contribution in [0.5, 0.6) is 11.5 Å². The lowest BCUT2D eigenvalue weighted by Crippen LogP contribution is -2.06. The molecule has 2 aromatic rings. The monoisotopic (exact) mass is 323 g/mol. The zero-order chi connectivity index (χ0) is 16.9. The van der Waals surface area contributed by atoms with Crippen molar-refractivity contribution in [2.24, 2.45) is 4.99 Å². The Morgan fingerprint density at radius 1 is 1.04 bits per heavy atom. The average Bonchev–Trinajstić information content (AvgIpc) is 2.95. The minimum atomic E-state index is -0.443. The van der Waals surface area contributed by atoms with Crippen LogP contribution in [0.1, 0.15) is 11.1 Å². The molecule has 1 aliphatic rings.